The van der Waals surface area contributed by atoms with E-state index in [1.54, 1.807) is 19.5 Å². The number of methoxy groups -OCH3 is 1. The monoisotopic (exact) mass is 480 g/mol. The fraction of sp³-hybridized carbons (Fsp3) is 0.304. The average Bonchev–Trinajstić information content (AvgIpc) is 2.74. The Bertz CT molecular complexity index is 1200. The summed E-state index contributed by atoms with van der Waals surface area (Å²) in [4.78, 5) is 8.37. The van der Waals surface area contributed by atoms with Crippen molar-refractivity contribution in [3.8, 4) is 22.6 Å². The van der Waals surface area contributed by atoms with E-state index in [1.165, 1.54) is 12.1 Å². The predicted octanol–water partition coefficient (Wildman–Crippen LogP) is 5.56. The zero-order valence-electron chi connectivity index (χ0n) is 18.4. The van der Waals surface area contributed by atoms with Crippen LogP contribution in [-0.2, 0) is 10.1 Å². The minimum Gasteiger partial charge on any atom is -0.495 e. The third-order valence-corrected chi connectivity index (χ3v) is 5.92. The van der Waals surface area contributed by atoms with E-state index in [4.69, 9.17) is 4.74 Å². The van der Waals surface area contributed by atoms with Crippen molar-refractivity contribution in [2.45, 2.75) is 32.2 Å². The SMILES string of the molecule is COc1cncc(-c2ccc(C(c3ccc(OS(=O)(=O)C(F)(F)F)cn3)C(C)(C)C)cc2)c1. The lowest BCUT2D eigenvalue weighted by Crippen LogP contribution is -2.28. The fourth-order valence-corrected chi connectivity index (χ4v) is 3.90. The van der Waals surface area contributed by atoms with Gasteiger partial charge in [-0.25, -0.2) is 0 Å². The molecule has 0 N–H and O–H groups in total. The maximum absolute atomic E-state index is 12.6. The highest BCUT2D eigenvalue weighted by molar-refractivity contribution is 7.88. The van der Waals surface area contributed by atoms with Gasteiger partial charge in [0.15, 0.2) is 5.75 Å². The molecule has 1 atom stereocenters. The number of benzene rings is 1. The zero-order chi connectivity index (χ0) is 24.4. The van der Waals surface area contributed by atoms with E-state index in [9.17, 15) is 21.6 Å². The van der Waals surface area contributed by atoms with Gasteiger partial charge in [0.25, 0.3) is 0 Å². The zero-order valence-corrected chi connectivity index (χ0v) is 19.2. The summed E-state index contributed by atoms with van der Waals surface area (Å²) in [5, 5.41) is 0. The topological polar surface area (TPSA) is 78.4 Å². The molecule has 33 heavy (non-hydrogen) atoms. The van der Waals surface area contributed by atoms with Gasteiger partial charge in [-0.1, -0.05) is 45.0 Å². The van der Waals surface area contributed by atoms with E-state index in [0.29, 0.717) is 11.4 Å². The highest BCUT2D eigenvalue weighted by Crippen LogP contribution is 2.40. The van der Waals surface area contributed by atoms with Crippen LogP contribution in [0.3, 0.4) is 0 Å². The number of halogens is 3. The maximum Gasteiger partial charge on any atom is 0.534 e. The first-order chi connectivity index (χ1) is 15.3. The van der Waals surface area contributed by atoms with E-state index in [0.717, 1.165) is 22.9 Å². The molecule has 1 aromatic carbocycles. The smallest absolute Gasteiger partial charge is 0.495 e. The van der Waals surface area contributed by atoms with E-state index in [2.05, 4.69) is 14.2 Å². The Morgan fingerprint density at radius 3 is 2.06 bits per heavy atom. The summed E-state index contributed by atoms with van der Waals surface area (Å²) in [5.41, 5.74) is -2.49. The molecule has 0 fully saturated rings. The molecule has 0 saturated heterocycles. The molecular formula is C23H23F3N2O4S. The van der Waals surface area contributed by atoms with Gasteiger partial charge in [0.1, 0.15) is 5.75 Å². The van der Waals surface area contributed by atoms with Gasteiger partial charge in [-0.2, -0.15) is 21.6 Å². The van der Waals surface area contributed by atoms with Crippen molar-refractivity contribution in [2.24, 2.45) is 5.41 Å². The second kappa shape index (κ2) is 9.01. The maximum atomic E-state index is 12.6. The molecule has 176 valence electrons. The number of aromatic nitrogens is 2. The van der Waals surface area contributed by atoms with Crippen LogP contribution in [0.15, 0.2) is 61.1 Å². The van der Waals surface area contributed by atoms with Gasteiger partial charge in [0.2, 0.25) is 0 Å². The highest BCUT2D eigenvalue weighted by Gasteiger charge is 2.48. The lowest BCUT2D eigenvalue weighted by Gasteiger charge is -2.31. The van der Waals surface area contributed by atoms with Gasteiger partial charge in [-0.05, 0) is 34.7 Å². The summed E-state index contributed by atoms with van der Waals surface area (Å²) in [6, 6.07) is 12.3. The normalized spacial score (nSPS) is 13.4. The van der Waals surface area contributed by atoms with Crippen LogP contribution in [0.5, 0.6) is 11.5 Å². The van der Waals surface area contributed by atoms with Crippen LogP contribution < -0.4 is 8.92 Å². The van der Waals surface area contributed by atoms with Gasteiger partial charge in [-0.15, -0.1) is 0 Å². The minimum absolute atomic E-state index is 0.219. The van der Waals surface area contributed by atoms with Gasteiger partial charge in [-0.3, -0.25) is 9.97 Å². The first-order valence-corrected chi connectivity index (χ1v) is 11.3. The average molecular weight is 481 g/mol. The van der Waals surface area contributed by atoms with Crippen molar-refractivity contribution in [1.82, 2.24) is 9.97 Å². The van der Waals surface area contributed by atoms with Gasteiger partial charge < -0.3 is 8.92 Å². The Balaban J connectivity index is 1.90. The summed E-state index contributed by atoms with van der Waals surface area (Å²) in [5.74, 6) is -0.0870. The molecule has 0 aliphatic rings. The number of ether oxygens (including phenoxy) is 1. The van der Waals surface area contributed by atoms with Gasteiger partial charge in [0, 0.05) is 23.4 Å². The molecule has 10 heteroatoms. The Labute approximate surface area is 190 Å². The molecule has 3 aromatic rings. The van der Waals surface area contributed by atoms with Crippen molar-refractivity contribution in [2.75, 3.05) is 7.11 Å². The van der Waals surface area contributed by atoms with Crippen LogP contribution in [0, 0.1) is 5.41 Å². The van der Waals surface area contributed by atoms with Crippen molar-refractivity contribution >= 4 is 10.1 Å². The van der Waals surface area contributed by atoms with Crippen LogP contribution >= 0.6 is 0 Å². The number of nitrogens with zero attached hydrogens (tertiary/aromatic N) is 2. The molecule has 0 spiro atoms. The Morgan fingerprint density at radius 2 is 1.55 bits per heavy atom. The first kappa shape index (κ1) is 24.5. The van der Waals surface area contributed by atoms with Crippen LogP contribution in [0.1, 0.15) is 37.9 Å². The Hall–Kier alpha value is -3.14. The van der Waals surface area contributed by atoms with E-state index >= 15 is 0 Å². The van der Waals surface area contributed by atoms with Crippen molar-refractivity contribution in [3.05, 3.63) is 72.3 Å². The molecular weight excluding hydrogens is 457 g/mol. The third kappa shape index (κ3) is 5.62. The minimum atomic E-state index is -5.75. The summed E-state index contributed by atoms with van der Waals surface area (Å²) in [7, 11) is -4.19. The number of pyridine rings is 2. The molecule has 0 aliphatic carbocycles. The van der Waals surface area contributed by atoms with Gasteiger partial charge >= 0.3 is 15.6 Å². The summed E-state index contributed by atoms with van der Waals surface area (Å²) >= 11 is 0. The second-order valence-corrected chi connectivity index (χ2v) is 9.97. The molecule has 0 amide bonds. The number of hydrogen-bond donors (Lipinski definition) is 0. The van der Waals surface area contributed by atoms with Crippen LogP contribution in [0.4, 0.5) is 13.2 Å². The van der Waals surface area contributed by atoms with E-state index < -0.39 is 21.4 Å². The summed E-state index contributed by atoms with van der Waals surface area (Å²) < 4.78 is 69.5. The molecule has 0 radical (unpaired) electrons. The molecule has 0 bridgehead atoms. The molecule has 6 nitrogen and oxygen atoms in total. The molecule has 2 heterocycles. The number of hydrogen-bond acceptors (Lipinski definition) is 6. The highest BCUT2D eigenvalue weighted by atomic mass is 32.2. The van der Waals surface area contributed by atoms with E-state index in [-0.39, 0.29) is 11.3 Å². The lowest BCUT2D eigenvalue weighted by molar-refractivity contribution is -0.0500. The van der Waals surface area contributed by atoms with Crippen LogP contribution in [-0.4, -0.2) is 31.0 Å². The first-order valence-electron chi connectivity index (χ1n) is 9.88. The van der Waals surface area contributed by atoms with Crippen molar-refractivity contribution in [1.29, 1.82) is 0 Å². The van der Waals surface area contributed by atoms with Crippen molar-refractivity contribution in [3.63, 3.8) is 0 Å². The Kier molecular flexibility index (Phi) is 6.69. The molecule has 0 aliphatic heterocycles. The summed E-state index contributed by atoms with van der Waals surface area (Å²) in [6.45, 7) is 6.04. The van der Waals surface area contributed by atoms with Crippen LogP contribution in [0.2, 0.25) is 0 Å². The standard InChI is InChI=1S/C23H23F3N2O4S/c1-22(2,3)21(20-10-9-18(14-28-20)32-33(29,30)23(24,25)26)16-7-5-15(6-8-16)17-11-19(31-4)13-27-12-17/h5-14,21H,1-4H3. The molecule has 1 unspecified atom stereocenters. The summed E-state index contributed by atoms with van der Waals surface area (Å²) in [6.07, 6.45) is 4.33. The quantitative estimate of drug-likeness (QED) is 0.340. The fourth-order valence-electron chi connectivity index (χ4n) is 3.46. The largest absolute Gasteiger partial charge is 0.534 e. The third-order valence-electron chi connectivity index (χ3n) is 4.94. The molecule has 0 saturated carbocycles. The second-order valence-electron chi connectivity index (χ2n) is 8.44. The van der Waals surface area contributed by atoms with Crippen molar-refractivity contribution < 1.29 is 30.5 Å². The number of alkyl halides is 3. The number of rotatable bonds is 6. The molecule has 3 rings (SSSR count). The van der Waals surface area contributed by atoms with Crippen LogP contribution in [0.25, 0.3) is 11.1 Å². The predicted molar refractivity (Wildman–Crippen MR) is 117 cm³/mol. The lowest BCUT2D eigenvalue weighted by atomic mass is 9.74. The Morgan fingerprint density at radius 1 is 0.879 bits per heavy atom. The molecule has 2 aromatic heterocycles. The van der Waals surface area contributed by atoms with Gasteiger partial charge in [0.05, 0.1) is 19.5 Å². The van der Waals surface area contributed by atoms with E-state index in [1.807, 2.05) is 51.1 Å².